The summed E-state index contributed by atoms with van der Waals surface area (Å²) in [5.41, 5.74) is 6.36. The monoisotopic (exact) mass is 210 g/mol. The molecule has 0 fully saturated rings. The molecule has 1 rings (SSSR count). The first kappa shape index (κ1) is 11.5. The smallest absolute Gasteiger partial charge is 0.222 e. The maximum Gasteiger partial charge on any atom is 0.222 e. The highest BCUT2D eigenvalue weighted by atomic mass is 19.1. The minimum Gasteiger partial charge on any atom is -0.384 e. The molecular weight excluding hydrogens is 195 g/mol. The molecule has 1 aromatic rings. The van der Waals surface area contributed by atoms with E-state index in [1.165, 1.54) is 6.07 Å². The number of carbonyl (C=O) groups is 1. The molecule has 3 nitrogen and oxygen atoms in total. The van der Waals surface area contributed by atoms with E-state index in [0.717, 1.165) is 0 Å². The minimum absolute atomic E-state index is 0.258. The Morgan fingerprint density at radius 2 is 2.27 bits per heavy atom. The second-order valence-corrected chi connectivity index (χ2v) is 3.60. The molecule has 0 aliphatic rings. The summed E-state index contributed by atoms with van der Waals surface area (Å²) in [6.07, 6.45) is 0. The second-order valence-electron chi connectivity index (χ2n) is 3.60. The van der Waals surface area contributed by atoms with Crippen LogP contribution in [-0.2, 0) is 4.79 Å². The molecule has 4 heteroatoms. The standard InChI is InChI=1S/C11H15FN2O/c1-7(11(13)15)6-14-10-5-3-4-9(12)8(10)2/h3-5,7,14H,6H2,1-2H3,(H2,13,15). The molecule has 0 aliphatic heterocycles. The van der Waals surface area contributed by atoms with E-state index in [4.69, 9.17) is 5.73 Å². The number of carbonyl (C=O) groups excluding carboxylic acids is 1. The zero-order chi connectivity index (χ0) is 11.4. The first-order chi connectivity index (χ1) is 7.02. The van der Waals surface area contributed by atoms with Gasteiger partial charge in [-0.3, -0.25) is 4.79 Å². The van der Waals surface area contributed by atoms with Gasteiger partial charge in [0, 0.05) is 17.8 Å². The van der Waals surface area contributed by atoms with Gasteiger partial charge in [-0.2, -0.15) is 0 Å². The minimum atomic E-state index is -0.364. The molecule has 0 saturated heterocycles. The van der Waals surface area contributed by atoms with E-state index in [1.54, 1.807) is 26.0 Å². The Kier molecular flexibility index (Phi) is 3.66. The number of hydrogen-bond donors (Lipinski definition) is 2. The van der Waals surface area contributed by atoms with Gasteiger partial charge in [0.25, 0.3) is 0 Å². The van der Waals surface area contributed by atoms with Crippen LogP contribution in [0.3, 0.4) is 0 Å². The Hall–Kier alpha value is -1.58. The summed E-state index contributed by atoms with van der Waals surface area (Å²) in [7, 11) is 0. The molecule has 0 spiro atoms. The summed E-state index contributed by atoms with van der Waals surface area (Å²) >= 11 is 0. The second kappa shape index (κ2) is 4.77. The van der Waals surface area contributed by atoms with Gasteiger partial charge in [0.1, 0.15) is 5.82 Å². The van der Waals surface area contributed by atoms with Gasteiger partial charge in [-0.15, -0.1) is 0 Å². The highest BCUT2D eigenvalue weighted by Crippen LogP contribution is 2.17. The number of nitrogens with one attached hydrogen (secondary N) is 1. The number of amides is 1. The Labute approximate surface area is 88.5 Å². The van der Waals surface area contributed by atoms with Crippen LogP contribution in [-0.4, -0.2) is 12.5 Å². The van der Waals surface area contributed by atoms with Crippen LogP contribution in [0.1, 0.15) is 12.5 Å². The number of anilines is 1. The van der Waals surface area contributed by atoms with Crippen molar-refractivity contribution in [3.05, 3.63) is 29.6 Å². The maximum atomic E-state index is 13.1. The molecule has 3 N–H and O–H groups in total. The summed E-state index contributed by atoms with van der Waals surface area (Å²) in [4.78, 5) is 10.8. The van der Waals surface area contributed by atoms with Crippen LogP contribution in [0.25, 0.3) is 0 Å². The lowest BCUT2D eigenvalue weighted by Gasteiger charge is -2.12. The van der Waals surface area contributed by atoms with E-state index in [9.17, 15) is 9.18 Å². The zero-order valence-corrected chi connectivity index (χ0v) is 8.88. The fourth-order valence-corrected chi connectivity index (χ4v) is 1.16. The lowest BCUT2D eigenvalue weighted by Crippen LogP contribution is -2.26. The summed E-state index contributed by atoms with van der Waals surface area (Å²) in [5, 5.41) is 2.99. The molecule has 0 bridgehead atoms. The van der Waals surface area contributed by atoms with E-state index < -0.39 is 0 Å². The third kappa shape index (κ3) is 2.94. The maximum absolute atomic E-state index is 13.1. The fourth-order valence-electron chi connectivity index (χ4n) is 1.16. The first-order valence-electron chi connectivity index (χ1n) is 4.80. The van der Waals surface area contributed by atoms with Crippen molar-refractivity contribution in [1.82, 2.24) is 0 Å². The summed E-state index contributed by atoms with van der Waals surface area (Å²) in [6, 6.07) is 4.80. The van der Waals surface area contributed by atoms with Crippen molar-refractivity contribution in [2.75, 3.05) is 11.9 Å². The van der Waals surface area contributed by atoms with Crippen LogP contribution in [0.2, 0.25) is 0 Å². The van der Waals surface area contributed by atoms with Gasteiger partial charge >= 0.3 is 0 Å². The molecule has 0 aliphatic carbocycles. The van der Waals surface area contributed by atoms with Crippen molar-refractivity contribution in [3.8, 4) is 0 Å². The average molecular weight is 210 g/mol. The van der Waals surface area contributed by atoms with E-state index >= 15 is 0 Å². The number of rotatable bonds is 4. The van der Waals surface area contributed by atoms with Crippen LogP contribution in [0.5, 0.6) is 0 Å². The first-order valence-corrected chi connectivity index (χ1v) is 4.80. The van der Waals surface area contributed by atoms with Crippen molar-refractivity contribution in [2.24, 2.45) is 11.7 Å². The third-order valence-corrected chi connectivity index (χ3v) is 2.35. The lowest BCUT2D eigenvalue weighted by molar-refractivity contribution is -0.120. The van der Waals surface area contributed by atoms with Gasteiger partial charge in [-0.05, 0) is 19.1 Å². The molecule has 0 radical (unpaired) electrons. The molecular formula is C11H15FN2O. The van der Waals surface area contributed by atoms with Crippen molar-refractivity contribution in [2.45, 2.75) is 13.8 Å². The topological polar surface area (TPSA) is 55.1 Å². The van der Waals surface area contributed by atoms with Gasteiger partial charge in [-0.1, -0.05) is 13.0 Å². The molecule has 15 heavy (non-hydrogen) atoms. The van der Waals surface area contributed by atoms with Crippen molar-refractivity contribution in [1.29, 1.82) is 0 Å². The molecule has 1 atom stereocenters. The lowest BCUT2D eigenvalue weighted by atomic mass is 10.1. The molecule has 1 amide bonds. The Bertz CT molecular complexity index is 366. The van der Waals surface area contributed by atoms with E-state index in [-0.39, 0.29) is 17.6 Å². The molecule has 0 heterocycles. The van der Waals surface area contributed by atoms with E-state index in [1.807, 2.05) is 0 Å². The normalized spacial score (nSPS) is 12.2. The summed E-state index contributed by atoms with van der Waals surface area (Å²) in [5.74, 6) is -0.893. The Morgan fingerprint density at radius 1 is 1.60 bits per heavy atom. The third-order valence-electron chi connectivity index (χ3n) is 2.35. The zero-order valence-electron chi connectivity index (χ0n) is 8.88. The van der Waals surface area contributed by atoms with Crippen LogP contribution in [0.4, 0.5) is 10.1 Å². The summed E-state index contributed by atoms with van der Waals surface area (Å²) in [6.45, 7) is 3.83. The fraction of sp³-hybridized carbons (Fsp3) is 0.364. The Morgan fingerprint density at radius 3 is 2.87 bits per heavy atom. The van der Waals surface area contributed by atoms with Gasteiger partial charge in [-0.25, -0.2) is 4.39 Å². The van der Waals surface area contributed by atoms with E-state index in [2.05, 4.69) is 5.32 Å². The van der Waals surface area contributed by atoms with Crippen LogP contribution >= 0.6 is 0 Å². The van der Waals surface area contributed by atoms with Crippen LogP contribution in [0.15, 0.2) is 18.2 Å². The van der Waals surface area contributed by atoms with Crippen molar-refractivity contribution in [3.63, 3.8) is 0 Å². The molecule has 0 saturated carbocycles. The van der Waals surface area contributed by atoms with E-state index in [0.29, 0.717) is 17.8 Å². The number of hydrogen-bond acceptors (Lipinski definition) is 2. The van der Waals surface area contributed by atoms with Crippen LogP contribution < -0.4 is 11.1 Å². The largest absolute Gasteiger partial charge is 0.384 e. The van der Waals surface area contributed by atoms with Gasteiger partial charge < -0.3 is 11.1 Å². The molecule has 82 valence electrons. The molecule has 0 aromatic heterocycles. The van der Waals surface area contributed by atoms with Gasteiger partial charge in [0.2, 0.25) is 5.91 Å². The predicted molar refractivity (Wildman–Crippen MR) is 58.0 cm³/mol. The Balaban J connectivity index is 2.66. The number of halogens is 1. The highest BCUT2D eigenvalue weighted by Gasteiger charge is 2.09. The van der Waals surface area contributed by atoms with Crippen molar-refractivity contribution >= 4 is 11.6 Å². The average Bonchev–Trinajstić information content (AvgIpc) is 2.19. The number of nitrogens with two attached hydrogens (primary N) is 1. The van der Waals surface area contributed by atoms with Gasteiger partial charge in [0.15, 0.2) is 0 Å². The van der Waals surface area contributed by atoms with Gasteiger partial charge in [0.05, 0.1) is 5.92 Å². The predicted octanol–water partition coefficient (Wildman–Crippen LogP) is 1.67. The number of primary amides is 1. The SMILES string of the molecule is Cc1c(F)cccc1NCC(C)C(N)=O. The van der Waals surface area contributed by atoms with Crippen molar-refractivity contribution < 1.29 is 9.18 Å². The summed E-state index contributed by atoms with van der Waals surface area (Å²) < 4.78 is 13.1. The number of benzene rings is 1. The molecule has 1 unspecified atom stereocenters. The van der Waals surface area contributed by atoms with Crippen LogP contribution in [0, 0.1) is 18.7 Å². The quantitative estimate of drug-likeness (QED) is 0.794. The highest BCUT2D eigenvalue weighted by molar-refractivity contribution is 5.76. The molecule has 1 aromatic carbocycles.